The predicted octanol–water partition coefficient (Wildman–Crippen LogP) is 1.61. The molecule has 0 saturated carbocycles. The molecule has 6 heteroatoms. The number of aliphatic hydroxyl groups is 1. The molecule has 0 aliphatic carbocycles. The summed E-state index contributed by atoms with van der Waals surface area (Å²) in [5, 5.41) is 18.9. The maximum atomic E-state index is 11.2. The van der Waals surface area contributed by atoms with E-state index in [-0.39, 0.29) is 12.0 Å². The normalized spacial score (nSPS) is 12.1. The van der Waals surface area contributed by atoms with Crippen molar-refractivity contribution in [1.82, 2.24) is 9.88 Å². The molecule has 2 N–H and O–H groups in total. The standard InChI is InChI=1S/C13H22N2O3S/c1-13(2,3)11-10(12(17)18)19-9(14-11)5-6-15(4)7-8-16/h16H,5-8H2,1-4H3,(H,17,18). The third kappa shape index (κ3) is 4.56. The predicted molar refractivity (Wildman–Crippen MR) is 76.1 cm³/mol. The van der Waals surface area contributed by atoms with Crippen LogP contribution in [0.2, 0.25) is 0 Å². The molecule has 19 heavy (non-hydrogen) atoms. The molecule has 0 atom stereocenters. The van der Waals surface area contributed by atoms with E-state index in [1.165, 1.54) is 11.3 Å². The van der Waals surface area contributed by atoms with Gasteiger partial charge in [0, 0.05) is 24.9 Å². The molecule has 0 aliphatic rings. The van der Waals surface area contributed by atoms with E-state index in [0.29, 0.717) is 23.5 Å². The van der Waals surface area contributed by atoms with Crippen molar-refractivity contribution < 1.29 is 15.0 Å². The molecule has 0 spiro atoms. The van der Waals surface area contributed by atoms with Gasteiger partial charge in [-0.1, -0.05) is 20.8 Å². The van der Waals surface area contributed by atoms with Crippen LogP contribution in [-0.2, 0) is 11.8 Å². The van der Waals surface area contributed by atoms with E-state index in [1.54, 1.807) is 0 Å². The van der Waals surface area contributed by atoms with Gasteiger partial charge < -0.3 is 15.1 Å². The lowest BCUT2D eigenvalue weighted by atomic mass is 9.91. The minimum atomic E-state index is -0.905. The first-order valence-corrected chi connectivity index (χ1v) is 7.10. The smallest absolute Gasteiger partial charge is 0.347 e. The topological polar surface area (TPSA) is 73.7 Å². The van der Waals surface area contributed by atoms with Crippen LogP contribution >= 0.6 is 11.3 Å². The second kappa shape index (κ2) is 6.45. The number of thiazole rings is 1. The molecule has 0 radical (unpaired) electrons. The molecule has 1 aromatic heterocycles. The van der Waals surface area contributed by atoms with Crippen LogP contribution < -0.4 is 0 Å². The van der Waals surface area contributed by atoms with Gasteiger partial charge in [-0.3, -0.25) is 0 Å². The second-order valence-electron chi connectivity index (χ2n) is 5.62. The van der Waals surface area contributed by atoms with Crippen LogP contribution in [0.1, 0.15) is 41.1 Å². The van der Waals surface area contributed by atoms with Crippen molar-refractivity contribution in [2.75, 3.05) is 26.7 Å². The van der Waals surface area contributed by atoms with Gasteiger partial charge in [-0.25, -0.2) is 9.78 Å². The van der Waals surface area contributed by atoms with Crippen molar-refractivity contribution in [3.05, 3.63) is 15.6 Å². The average Bonchev–Trinajstić information content (AvgIpc) is 2.70. The van der Waals surface area contributed by atoms with E-state index in [0.717, 1.165) is 11.6 Å². The Balaban J connectivity index is 2.84. The van der Waals surface area contributed by atoms with E-state index >= 15 is 0 Å². The number of hydrogen-bond donors (Lipinski definition) is 2. The molecule has 0 unspecified atom stereocenters. The van der Waals surface area contributed by atoms with Crippen molar-refractivity contribution in [1.29, 1.82) is 0 Å². The summed E-state index contributed by atoms with van der Waals surface area (Å²) < 4.78 is 0. The Bertz CT molecular complexity index is 438. The number of carboxylic acid groups (broad SMARTS) is 1. The Morgan fingerprint density at radius 3 is 2.42 bits per heavy atom. The highest BCUT2D eigenvalue weighted by atomic mass is 32.1. The maximum absolute atomic E-state index is 11.2. The Kier molecular flexibility index (Phi) is 5.46. The molecule has 0 bridgehead atoms. The quantitative estimate of drug-likeness (QED) is 0.831. The van der Waals surface area contributed by atoms with E-state index < -0.39 is 5.97 Å². The first-order chi connectivity index (χ1) is 8.75. The van der Waals surface area contributed by atoms with Crippen LogP contribution in [0.4, 0.5) is 0 Å². The summed E-state index contributed by atoms with van der Waals surface area (Å²) in [6.07, 6.45) is 0.706. The van der Waals surface area contributed by atoms with E-state index in [4.69, 9.17) is 5.11 Å². The minimum Gasteiger partial charge on any atom is -0.477 e. The molecule has 0 saturated heterocycles. The summed E-state index contributed by atoms with van der Waals surface area (Å²) in [5.41, 5.74) is 0.393. The van der Waals surface area contributed by atoms with Crippen LogP contribution in [0.5, 0.6) is 0 Å². The summed E-state index contributed by atoms with van der Waals surface area (Å²) in [6.45, 7) is 7.41. The zero-order valence-corrected chi connectivity index (χ0v) is 12.8. The number of aliphatic hydroxyl groups excluding tert-OH is 1. The molecular weight excluding hydrogens is 264 g/mol. The van der Waals surface area contributed by atoms with Crippen LogP contribution in [-0.4, -0.2) is 52.8 Å². The fourth-order valence-corrected chi connectivity index (χ4v) is 2.80. The van der Waals surface area contributed by atoms with Gasteiger partial charge in [0.25, 0.3) is 0 Å². The number of carbonyl (C=O) groups is 1. The van der Waals surface area contributed by atoms with Gasteiger partial charge >= 0.3 is 5.97 Å². The third-order valence-corrected chi connectivity index (χ3v) is 3.87. The highest BCUT2D eigenvalue weighted by molar-refractivity contribution is 7.13. The Labute approximate surface area is 117 Å². The van der Waals surface area contributed by atoms with Crippen molar-refractivity contribution in [2.24, 2.45) is 0 Å². The lowest BCUT2D eigenvalue weighted by Gasteiger charge is -2.16. The number of aromatic nitrogens is 1. The fraction of sp³-hybridized carbons (Fsp3) is 0.692. The maximum Gasteiger partial charge on any atom is 0.347 e. The summed E-state index contributed by atoms with van der Waals surface area (Å²) in [7, 11) is 1.92. The zero-order chi connectivity index (χ0) is 14.6. The van der Waals surface area contributed by atoms with Gasteiger partial charge in [-0.15, -0.1) is 11.3 Å². The molecule has 0 aliphatic heterocycles. The van der Waals surface area contributed by atoms with Gasteiger partial charge in [0.1, 0.15) is 4.88 Å². The lowest BCUT2D eigenvalue weighted by Crippen LogP contribution is -2.24. The van der Waals surface area contributed by atoms with Gasteiger partial charge in [0.2, 0.25) is 0 Å². The summed E-state index contributed by atoms with van der Waals surface area (Å²) in [4.78, 5) is 18.1. The van der Waals surface area contributed by atoms with Gasteiger partial charge in [0.15, 0.2) is 0 Å². The SMILES string of the molecule is CN(CCO)CCc1nc(C(C)(C)C)c(C(=O)O)s1. The number of carboxylic acids is 1. The molecule has 5 nitrogen and oxygen atoms in total. The molecule has 0 aromatic carbocycles. The molecule has 108 valence electrons. The molecule has 1 aromatic rings. The van der Waals surface area contributed by atoms with Gasteiger partial charge in [-0.2, -0.15) is 0 Å². The number of rotatable bonds is 6. The monoisotopic (exact) mass is 286 g/mol. The van der Waals surface area contributed by atoms with Crippen LogP contribution in [0, 0.1) is 0 Å². The lowest BCUT2D eigenvalue weighted by molar-refractivity contribution is 0.0699. The number of nitrogens with zero attached hydrogens (tertiary/aromatic N) is 2. The number of aromatic carboxylic acids is 1. The van der Waals surface area contributed by atoms with Gasteiger partial charge in [0.05, 0.1) is 17.3 Å². The molecule has 1 heterocycles. The summed E-state index contributed by atoms with van der Waals surface area (Å²) in [5.74, 6) is -0.905. The van der Waals surface area contributed by atoms with E-state index in [1.807, 2.05) is 32.7 Å². The minimum absolute atomic E-state index is 0.127. The average molecular weight is 286 g/mol. The van der Waals surface area contributed by atoms with Crippen molar-refractivity contribution in [3.63, 3.8) is 0 Å². The Morgan fingerprint density at radius 2 is 2.00 bits per heavy atom. The molecule has 0 amide bonds. The van der Waals surface area contributed by atoms with Crippen LogP contribution in [0.15, 0.2) is 0 Å². The Morgan fingerprint density at radius 1 is 1.37 bits per heavy atom. The zero-order valence-electron chi connectivity index (χ0n) is 11.9. The molecular formula is C13H22N2O3S. The second-order valence-corrected chi connectivity index (χ2v) is 6.70. The van der Waals surface area contributed by atoms with E-state index in [9.17, 15) is 9.90 Å². The fourth-order valence-electron chi connectivity index (χ4n) is 1.69. The Hall–Kier alpha value is -0.980. The number of likely N-dealkylation sites (N-methyl/N-ethyl adjacent to an activating group) is 1. The van der Waals surface area contributed by atoms with Crippen molar-refractivity contribution >= 4 is 17.3 Å². The van der Waals surface area contributed by atoms with Crippen LogP contribution in [0.25, 0.3) is 0 Å². The highest BCUT2D eigenvalue weighted by Crippen LogP contribution is 2.29. The summed E-state index contributed by atoms with van der Waals surface area (Å²) in [6, 6.07) is 0. The van der Waals surface area contributed by atoms with Crippen molar-refractivity contribution in [2.45, 2.75) is 32.6 Å². The van der Waals surface area contributed by atoms with Gasteiger partial charge in [-0.05, 0) is 7.05 Å². The first-order valence-electron chi connectivity index (χ1n) is 6.28. The van der Waals surface area contributed by atoms with Crippen LogP contribution in [0.3, 0.4) is 0 Å². The number of hydrogen-bond acceptors (Lipinski definition) is 5. The third-order valence-electron chi connectivity index (χ3n) is 2.77. The molecule has 0 fully saturated rings. The summed E-state index contributed by atoms with van der Waals surface area (Å²) >= 11 is 1.25. The molecule has 1 rings (SSSR count). The highest BCUT2D eigenvalue weighted by Gasteiger charge is 2.26. The van der Waals surface area contributed by atoms with E-state index in [2.05, 4.69) is 4.98 Å². The first kappa shape index (κ1) is 16.1. The van der Waals surface area contributed by atoms with Crippen molar-refractivity contribution in [3.8, 4) is 0 Å². The largest absolute Gasteiger partial charge is 0.477 e.